The van der Waals surface area contributed by atoms with Gasteiger partial charge in [0.25, 0.3) is 0 Å². The van der Waals surface area contributed by atoms with E-state index < -0.39 is 0 Å². The number of benzene rings is 2. The summed E-state index contributed by atoms with van der Waals surface area (Å²) in [6, 6.07) is 10.3. The van der Waals surface area contributed by atoms with Crippen LogP contribution in [0.25, 0.3) is 0 Å². The predicted octanol–water partition coefficient (Wildman–Crippen LogP) is 0.225. The third kappa shape index (κ3) is 6.13. The molecule has 0 radical (unpaired) electrons. The summed E-state index contributed by atoms with van der Waals surface area (Å²) >= 11 is 0. The average Bonchev–Trinajstić information content (AvgIpc) is 2.70. The van der Waals surface area contributed by atoms with Crippen molar-refractivity contribution in [3.8, 4) is 11.5 Å². The maximum atomic E-state index is 9.38. The fourth-order valence-corrected chi connectivity index (χ4v) is 3.04. The Bertz CT molecular complexity index is 699. The van der Waals surface area contributed by atoms with Crippen LogP contribution in [0.4, 0.5) is 22.7 Å². The lowest BCUT2D eigenvalue weighted by atomic mass is 10.2. The molecule has 9 heteroatoms. The molecule has 0 saturated heterocycles. The van der Waals surface area contributed by atoms with Crippen LogP contribution >= 0.6 is 0 Å². The SMILES string of the molecule is Nc1ccc(Oc2ccc(N)cc2N(CCO)CCO)c(N(CCO)CCO)c1. The van der Waals surface area contributed by atoms with E-state index in [1.54, 1.807) is 46.2 Å². The molecule has 2 aromatic carbocycles. The quantitative estimate of drug-likeness (QED) is 0.272. The average molecular weight is 406 g/mol. The van der Waals surface area contributed by atoms with Gasteiger partial charge in [-0.3, -0.25) is 0 Å². The van der Waals surface area contributed by atoms with Crippen LogP contribution in [0.3, 0.4) is 0 Å². The summed E-state index contributed by atoms with van der Waals surface area (Å²) in [7, 11) is 0. The van der Waals surface area contributed by atoms with E-state index in [4.69, 9.17) is 16.2 Å². The standard InChI is InChI=1S/C20H30N4O5/c21-15-1-3-19(17(13-15)23(5-9-25)6-10-26)29-20-4-2-16(22)14-18(20)24(7-11-27)8-12-28/h1-4,13-14,25-28H,5-12,21-22H2. The highest BCUT2D eigenvalue weighted by molar-refractivity contribution is 5.70. The molecule has 0 heterocycles. The Balaban J connectivity index is 2.46. The summed E-state index contributed by atoms with van der Waals surface area (Å²) in [6.45, 7) is 0.826. The smallest absolute Gasteiger partial charge is 0.150 e. The first kappa shape index (κ1) is 22.6. The molecular weight excluding hydrogens is 376 g/mol. The van der Waals surface area contributed by atoms with Crippen LogP contribution < -0.4 is 26.0 Å². The van der Waals surface area contributed by atoms with Crippen LogP contribution in [-0.2, 0) is 0 Å². The van der Waals surface area contributed by atoms with E-state index in [2.05, 4.69) is 0 Å². The van der Waals surface area contributed by atoms with E-state index >= 15 is 0 Å². The third-order valence-corrected chi connectivity index (χ3v) is 4.35. The normalized spacial score (nSPS) is 10.8. The van der Waals surface area contributed by atoms with Crippen molar-refractivity contribution in [2.45, 2.75) is 0 Å². The predicted molar refractivity (Wildman–Crippen MR) is 115 cm³/mol. The molecule has 0 aliphatic carbocycles. The molecule has 2 aromatic rings. The first-order chi connectivity index (χ1) is 14.0. The van der Waals surface area contributed by atoms with Crippen molar-refractivity contribution >= 4 is 22.7 Å². The van der Waals surface area contributed by atoms with Crippen molar-refractivity contribution in [1.82, 2.24) is 0 Å². The molecule has 0 aliphatic rings. The Hall–Kier alpha value is -2.72. The highest BCUT2D eigenvalue weighted by Crippen LogP contribution is 2.39. The second-order valence-electron chi connectivity index (χ2n) is 6.42. The lowest BCUT2D eigenvalue weighted by molar-refractivity contribution is 0.280. The van der Waals surface area contributed by atoms with Gasteiger partial charge in [0.05, 0.1) is 37.8 Å². The number of nitrogens with zero attached hydrogens (tertiary/aromatic N) is 2. The van der Waals surface area contributed by atoms with Gasteiger partial charge in [-0.25, -0.2) is 0 Å². The van der Waals surface area contributed by atoms with E-state index in [1.165, 1.54) is 0 Å². The number of aliphatic hydroxyl groups is 4. The van der Waals surface area contributed by atoms with E-state index in [9.17, 15) is 20.4 Å². The number of rotatable bonds is 12. The zero-order chi connectivity index (χ0) is 21.2. The topological polar surface area (TPSA) is 149 Å². The highest BCUT2D eigenvalue weighted by atomic mass is 16.5. The van der Waals surface area contributed by atoms with E-state index in [0.29, 0.717) is 60.4 Å². The summed E-state index contributed by atoms with van der Waals surface area (Å²) in [6.07, 6.45) is 0. The zero-order valence-electron chi connectivity index (χ0n) is 16.4. The number of anilines is 4. The van der Waals surface area contributed by atoms with Gasteiger partial charge in [-0.05, 0) is 36.4 Å². The first-order valence-corrected chi connectivity index (χ1v) is 9.44. The Morgan fingerprint density at radius 2 is 0.966 bits per heavy atom. The number of hydrogen-bond acceptors (Lipinski definition) is 9. The summed E-state index contributed by atoms with van der Waals surface area (Å²) < 4.78 is 6.18. The molecule has 0 spiro atoms. The summed E-state index contributed by atoms with van der Waals surface area (Å²) in [5, 5.41) is 37.5. The van der Waals surface area contributed by atoms with Crippen LogP contribution in [0.1, 0.15) is 0 Å². The number of nitrogen functional groups attached to an aromatic ring is 2. The Morgan fingerprint density at radius 3 is 1.28 bits per heavy atom. The molecule has 0 aliphatic heterocycles. The highest BCUT2D eigenvalue weighted by Gasteiger charge is 2.17. The molecule has 29 heavy (non-hydrogen) atoms. The monoisotopic (exact) mass is 406 g/mol. The molecule has 0 fully saturated rings. The van der Waals surface area contributed by atoms with Crippen molar-refractivity contribution in [3.05, 3.63) is 36.4 Å². The molecule has 160 valence electrons. The van der Waals surface area contributed by atoms with Crippen molar-refractivity contribution < 1.29 is 25.2 Å². The van der Waals surface area contributed by atoms with Crippen molar-refractivity contribution in [2.24, 2.45) is 0 Å². The number of ether oxygens (including phenoxy) is 1. The van der Waals surface area contributed by atoms with Gasteiger partial charge < -0.3 is 46.4 Å². The summed E-state index contributed by atoms with van der Waals surface area (Å²) in [5.41, 5.74) is 14.2. The molecule has 0 bridgehead atoms. The molecule has 9 nitrogen and oxygen atoms in total. The minimum atomic E-state index is -0.0951. The van der Waals surface area contributed by atoms with Gasteiger partial charge in [0.15, 0.2) is 11.5 Å². The summed E-state index contributed by atoms with van der Waals surface area (Å²) in [4.78, 5) is 3.56. The van der Waals surface area contributed by atoms with Gasteiger partial charge >= 0.3 is 0 Å². The maximum absolute atomic E-state index is 9.38. The largest absolute Gasteiger partial charge is 0.453 e. The number of hydrogen-bond donors (Lipinski definition) is 6. The lowest BCUT2D eigenvalue weighted by Crippen LogP contribution is -2.30. The second kappa shape index (κ2) is 11.3. The molecule has 0 atom stereocenters. The molecular formula is C20H30N4O5. The first-order valence-electron chi connectivity index (χ1n) is 9.44. The van der Waals surface area contributed by atoms with E-state index in [1.807, 2.05) is 0 Å². The van der Waals surface area contributed by atoms with Gasteiger partial charge in [0.1, 0.15) is 0 Å². The molecule has 0 aromatic heterocycles. The van der Waals surface area contributed by atoms with Gasteiger partial charge in [-0.2, -0.15) is 0 Å². The van der Waals surface area contributed by atoms with Crippen LogP contribution in [0.5, 0.6) is 11.5 Å². The molecule has 2 rings (SSSR count). The molecule has 0 amide bonds. The number of nitrogens with two attached hydrogens (primary N) is 2. The molecule has 8 N–H and O–H groups in total. The zero-order valence-corrected chi connectivity index (χ0v) is 16.4. The van der Waals surface area contributed by atoms with Crippen LogP contribution in [0, 0.1) is 0 Å². The number of aliphatic hydroxyl groups excluding tert-OH is 4. The second-order valence-corrected chi connectivity index (χ2v) is 6.42. The van der Waals surface area contributed by atoms with Crippen LogP contribution in [0.15, 0.2) is 36.4 Å². The van der Waals surface area contributed by atoms with Gasteiger partial charge in [0, 0.05) is 37.6 Å². The Labute approximate surface area is 170 Å². The molecule has 0 saturated carbocycles. The Kier molecular flexibility index (Phi) is 8.81. The van der Waals surface area contributed by atoms with E-state index in [-0.39, 0.29) is 26.4 Å². The molecule has 0 unspecified atom stereocenters. The van der Waals surface area contributed by atoms with Gasteiger partial charge in [-0.15, -0.1) is 0 Å². The van der Waals surface area contributed by atoms with Crippen molar-refractivity contribution in [1.29, 1.82) is 0 Å². The Morgan fingerprint density at radius 1 is 0.621 bits per heavy atom. The lowest BCUT2D eigenvalue weighted by Gasteiger charge is -2.28. The fourth-order valence-electron chi connectivity index (χ4n) is 3.04. The summed E-state index contributed by atoms with van der Waals surface area (Å²) in [5.74, 6) is 0.972. The van der Waals surface area contributed by atoms with Gasteiger partial charge in [-0.1, -0.05) is 0 Å². The fraction of sp³-hybridized carbons (Fsp3) is 0.400. The van der Waals surface area contributed by atoms with Crippen molar-refractivity contribution in [3.63, 3.8) is 0 Å². The van der Waals surface area contributed by atoms with E-state index in [0.717, 1.165) is 0 Å². The van der Waals surface area contributed by atoms with Crippen molar-refractivity contribution in [2.75, 3.05) is 73.9 Å². The van der Waals surface area contributed by atoms with Gasteiger partial charge in [0.2, 0.25) is 0 Å². The van der Waals surface area contributed by atoms with Crippen LogP contribution in [-0.4, -0.2) is 73.0 Å². The minimum absolute atomic E-state index is 0.0951. The maximum Gasteiger partial charge on any atom is 0.150 e. The minimum Gasteiger partial charge on any atom is -0.453 e. The van der Waals surface area contributed by atoms with Crippen LogP contribution in [0.2, 0.25) is 0 Å². The third-order valence-electron chi connectivity index (χ3n) is 4.35.